The molecule has 0 amide bonds. The van der Waals surface area contributed by atoms with E-state index in [1.54, 1.807) is 11.3 Å². The molecule has 0 unspecified atom stereocenters. The Kier molecular flexibility index (Phi) is 2.45. The minimum atomic E-state index is 0.423. The van der Waals surface area contributed by atoms with Crippen LogP contribution in [0.3, 0.4) is 0 Å². The lowest BCUT2D eigenvalue weighted by Crippen LogP contribution is -1.80. The maximum absolute atomic E-state index is 8.60. The van der Waals surface area contributed by atoms with Gasteiger partial charge in [-0.1, -0.05) is 11.6 Å². The number of aryl methyl sites for hydroxylation is 1. The zero-order chi connectivity index (χ0) is 10.1. The second-order valence-corrected chi connectivity index (χ2v) is 4.88. The van der Waals surface area contributed by atoms with Crippen molar-refractivity contribution in [2.45, 2.75) is 13.3 Å². The minimum Gasteiger partial charge on any atom is -0.198 e. The Bertz CT molecular complexity index is 522. The highest BCUT2D eigenvalue weighted by atomic mass is 35.5. The highest BCUT2D eigenvalue weighted by Crippen LogP contribution is 2.32. The number of rotatable bonds is 1. The van der Waals surface area contributed by atoms with Gasteiger partial charge in [-0.25, -0.2) is 0 Å². The van der Waals surface area contributed by atoms with E-state index in [2.05, 4.69) is 19.1 Å². The standard InChI is InChI=1S/C11H8ClNS/c1-7-4-9-10(12)5-8(2-3-13)6-11(9)14-7/h4-6H,2H2,1H3. The Balaban J connectivity index is 2.66. The van der Waals surface area contributed by atoms with Crippen molar-refractivity contribution in [1.82, 2.24) is 0 Å². The van der Waals surface area contributed by atoms with Gasteiger partial charge in [-0.2, -0.15) is 5.26 Å². The number of hydrogen-bond acceptors (Lipinski definition) is 2. The van der Waals surface area contributed by atoms with E-state index in [1.807, 2.05) is 12.1 Å². The molecule has 0 aliphatic heterocycles. The monoisotopic (exact) mass is 221 g/mol. The Labute approximate surface area is 91.5 Å². The summed E-state index contributed by atoms with van der Waals surface area (Å²) in [5, 5.41) is 10.4. The summed E-state index contributed by atoms with van der Waals surface area (Å²) in [6.45, 7) is 2.06. The van der Waals surface area contributed by atoms with Crippen molar-refractivity contribution in [2.24, 2.45) is 0 Å². The molecule has 1 nitrogen and oxygen atoms in total. The Morgan fingerprint density at radius 1 is 1.43 bits per heavy atom. The van der Waals surface area contributed by atoms with E-state index in [0.29, 0.717) is 6.42 Å². The van der Waals surface area contributed by atoms with Gasteiger partial charge in [0.05, 0.1) is 12.5 Å². The molecule has 3 heteroatoms. The molecule has 0 fully saturated rings. The lowest BCUT2D eigenvalue weighted by Gasteiger charge is -1.97. The van der Waals surface area contributed by atoms with Crippen LogP contribution in [0.15, 0.2) is 18.2 Å². The fraction of sp³-hybridized carbons (Fsp3) is 0.182. The SMILES string of the molecule is Cc1cc2c(Cl)cc(CC#N)cc2s1. The highest BCUT2D eigenvalue weighted by Gasteiger charge is 2.05. The lowest BCUT2D eigenvalue weighted by atomic mass is 10.1. The maximum atomic E-state index is 8.60. The van der Waals surface area contributed by atoms with Gasteiger partial charge < -0.3 is 0 Å². The number of halogens is 1. The van der Waals surface area contributed by atoms with Gasteiger partial charge in [0.15, 0.2) is 0 Å². The van der Waals surface area contributed by atoms with Gasteiger partial charge in [-0.15, -0.1) is 11.3 Å². The van der Waals surface area contributed by atoms with Crippen LogP contribution in [0.2, 0.25) is 5.02 Å². The molecule has 14 heavy (non-hydrogen) atoms. The van der Waals surface area contributed by atoms with Crippen molar-refractivity contribution in [2.75, 3.05) is 0 Å². The fourth-order valence-electron chi connectivity index (χ4n) is 1.47. The first-order valence-electron chi connectivity index (χ1n) is 4.26. The highest BCUT2D eigenvalue weighted by molar-refractivity contribution is 7.19. The molecule has 0 saturated carbocycles. The third kappa shape index (κ3) is 1.61. The van der Waals surface area contributed by atoms with E-state index in [-0.39, 0.29) is 0 Å². The topological polar surface area (TPSA) is 23.8 Å². The number of fused-ring (bicyclic) bond motifs is 1. The van der Waals surface area contributed by atoms with Crippen LogP contribution in [0.4, 0.5) is 0 Å². The summed E-state index contributed by atoms with van der Waals surface area (Å²) in [6, 6.07) is 8.13. The molecule has 0 bridgehead atoms. The third-order valence-electron chi connectivity index (χ3n) is 2.05. The maximum Gasteiger partial charge on any atom is 0.0669 e. The molecular weight excluding hydrogens is 214 g/mol. The Hall–Kier alpha value is -1.04. The van der Waals surface area contributed by atoms with E-state index < -0.39 is 0 Å². The predicted molar refractivity (Wildman–Crippen MR) is 60.9 cm³/mol. The van der Waals surface area contributed by atoms with E-state index in [1.165, 1.54) is 9.58 Å². The molecule has 1 aromatic carbocycles. The molecule has 2 aromatic rings. The molecule has 2 rings (SSSR count). The molecular formula is C11H8ClNS. The Morgan fingerprint density at radius 3 is 2.93 bits per heavy atom. The van der Waals surface area contributed by atoms with Gasteiger partial charge in [0.1, 0.15) is 0 Å². The van der Waals surface area contributed by atoms with Crippen LogP contribution in [0.25, 0.3) is 10.1 Å². The van der Waals surface area contributed by atoms with Gasteiger partial charge >= 0.3 is 0 Å². The lowest BCUT2D eigenvalue weighted by molar-refractivity contribution is 1.27. The zero-order valence-corrected chi connectivity index (χ0v) is 9.25. The number of nitrogens with zero attached hydrogens (tertiary/aromatic N) is 1. The first kappa shape index (κ1) is 9.51. The van der Waals surface area contributed by atoms with Crippen molar-refractivity contribution in [3.63, 3.8) is 0 Å². The second-order valence-electron chi connectivity index (χ2n) is 3.18. The summed E-state index contributed by atoms with van der Waals surface area (Å²) in [7, 11) is 0. The molecule has 0 N–H and O–H groups in total. The van der Waals surface area contributed by atoms with Crippen molar-refractivity contribution in [1.29, 1.82) is 5.26 Å². The summed E-state index contributed by atoms with van der Waals surface area (Å²) in [6.07, 6.45) is 0.423. The van der Waals surface area contributed by atoms with Crippen LogP contribution in [-0.4, -0.2) is 0 Å². The van der Waals surface area contributed by atoms with Crippen molar-refractivity contribution in [3.05, 3.63) is 33.7 Å². The van der Waals surface area contributed by atoms with Crippen LogP contribution < -0.4 is 0 Å². The smallest absolute Gasteiger partial charge is 0.0669 e. The average Bonchev–Trinajstić information content (AvgIpc) is 2.47. The first-order valence-corrected chi connectivity index (χ1v) is 5.45. The van der Waals surface area contributed by atoms with Crippen LogP contribution in [0.5, 0.6) is 0 Å². The predicted octanol–water partition coefficient (Wildman–Crippen LogP) is 3.93. The molecule has 1 heterocycles. The molecule has 0 aliphatic carbocycles. The quantitative estimate of drug-likeness (QED) is 0.716. The third-order valence-corrected chi connectivity index (χ3v) is 3.36. The van der Waals surface area contributed by atoms with E-state index >= 15 is 0 Å². The normalized spacial score (nSPS) is 10.4. The zero-order valence-electron chi connectivity index (χ0n) is 7.67. The van der Waals surface area contributed by atoms with Crippen molar-refractivity contribution >= 4 is 33.0 Å². The molecule has 0 atom stereocenters. The molecule has 70 valence electrons. The number of thiophene rings is 1. The summed E-state index contributed by atoms with van der Waals surface area (Å²) < 4.78 is 1.17. The largest absolute Gasteiger partial charge is 0.198 e. The molecule has 0 saturated heterocycles. The molecule has 0 radical (unpaired) electrons. The summed E-state index contributed by atoms with van der Waals surface area (Å²) in [5.74, 6) is 0. The van der Waals surface area contributed by atoms with Crippen LogP contribution in [0, 0.1) is 18.3 Å². The Morgan fingerprint density at radius 2 is 2.21 bits per heavy atom. The van der Waals surface area contributed by atoms with E-state index in [9.17, 15) is 0 Å². The van der Waals surface area contributed by atoms with Gasteiger partial charge in [-0.05, 0) is 30.7 Å². The van der Waals surface area contributed by atoms with Gasteiger partial charge in [-0.3, -0.25) is 0 Å². The molecule has 0 spiro atoms. The summed E-state index contributed by atoms with van der Waals surface area (Å²) in [5.41, 5.74) is 0.992. The van der Waals surface area contributed by atoms with Gasteiger partial charge in [0, 0.05) is 20.0 Å². The second kappa shape index (κ2) is 3.61. The first-order chi connectivity index (χ1) is 6.70. The van der Waals surface area contributed by atoms with Crippen LogP contribution in [-0.2, 0) is 6.42 Å². The summed E-state index contributed by atoms with van der Waals surface area (Å²) in [4.78, 5) is 1.25. The fourth-order valence-corrected chi connectivity index (χ4v) is 2.84. The summed E-state index contributed by atoms with van der Waals surface area (Å²) >= 11 is 7.82. The number of hydrogen-bond donors (Lipinski definition) is 0. The van der Waals surface area contributed by atoms with E-state index in [4.69, 9.17) is 16.9 Å². The van der Waals surface area contributed by atoms with E-state index in [0.717, 1.165) is 16.0 Å². The van der Waals surface area contributed by atoms with Crippen molar-refractivity contribution < 1.29 is 0 Å². The minimum absolute atomic E-state index is 0.423. The average molecular weight is 222 g/mol. The van der Waals surface area contributed by atoms with Crippen LogP contribution >= 0.6 is 22.9 Å². The van der Waals surface area contributed by atoms with Crippen LogP contribution in [0.1, 0.15) is 10.4 Å². The molecule has 1 aromatic heterocycles. The van der Waals surface area contributed by atoms with Gasteiger partial charge in [0.2, 0.25) is 0 Å². The number of benzene rings is 1. The molecule has 0 aliphatic rings. The number of nitriles is 1. The van der Waals surface area contributed by atoms with Crippen molar-refractivity contribution in [3.8, 4) is 6.07 Å². The van der Waals surface area contributed by atoms with Gasteiger partial charge in [0.25, 0.3) is 0 Å².